The van der Waals surface area contributed by atoms with E-state index in [9.17, 15) is 4.79 Å². The second-order valence-corrected chi connectivity index (χ2v) is 11.5. The predicted octanol–water partition coefficient (Wildman–Crippen LogP) is 4.36. The van der Waals surface area contributed by atoms with Gasteiger partial charge in [0.1, 0.15) is 17.1 Å². The molecule has 9 nitrogen and oxygen atoms in total. The first-order chi connectivity index (χ1) is 19.6. The summed E-state index contributed by atoms with van der Waals surface area (Å²) in [6, 6.07) is 14.5. The Kier molecular flexibility index (Phi) is 6.40. The number of aldehydes is 1. The molecule has 206 valence electrons. The van der Waals surface area contributed by atoms with Crippen molar-refractivity contribution in [1.29, 1.82) is 0 Å². The largest absolute Gasteiger partial charge is 0.481 e. The molecule has 1 N–H and O–H groups in total. The highest BCUT2D eigenvalue weighted by Crippen LogP contribution is 2.52. The fourth-order valence-corrected chi connectivity index (χ4v) is 6.58. The molecule has 3 fully saturated rings. The summed E-state index contributed by atoms with van der Waals surface area (Å²) in [5, 5.41) is 0.974. The smallest absolute Gasteiger partial charge is 0.212 e. The molecular formula is C31H34N6O3. The van der Waals surface area contributed by atoms with Crippen molar-refractivity contribution in [2.75, 3.05) is 51.3 Å². The molecule has 0 amide bonds. The van der Waals surface area contributed by atoms with Crippen LogP contribution in [0.15, 0.2) is 61.1 Å². The highest BCUT2D eigenvalue weighted by molar-refractivity contribution is 5.82. The van der Waals surface area contributed by atoms with Gasteiger partial charge in [-0.05, 0) is 42.7 Å². The summed E-state index contributed by atoms with van der Waals surface area (Å²) >= 11 is 0. The van der Waals surface area contributed by atoms with Gasteiger partial charge in [0.25, 0.3) is 0 Å². The first kappa shape index (κ1) is 25.0. The quantitative estimate of drug-likeness (QED) is 0.331. The lowest BCUT2D eigenvalue weighted by Gasteiger charge is -2.62. The number of anilines is 1. The molecule has 1 aliphatic carbocycles. The number of rotatable bonds is 8. The lowest BCUT2D eigenvalue weighted by atomic mass is 9.60. The van der Waals surface area contributed by atoms with E-state index in [0.717, 1.165) is 68.8 Å². The molecule has 5 heterocycles. The molecule has 4 aromatic rings. The molecule has 7 rings (SSSR count). The summed E-state index contributed by atoms with van der Waals surface area (Å²) in [5.41, 5.74) is 4.12. The van der Waals surface area contributed by atoms with Crippen molar-refractivity contribution >= 4 is 23.0 Å². The van der Waals surface area contributed by atoms with Crippen molar-refractivity contribution < 1.29 is 14.3 Å². The lowest BCUT2D eigenvalue weighted by Crippen LogP contribution is -2.68. The van der Waals surface area contributed by atoms with E-state index in [-0.39, 0.29) is 0 Å². The number of fused-ring (bicyclic) bond motifs is 1. The van der Waals surface area contributed by atoms with Gasteiger partial charge in [0.05, 0.1) is 18.9 Å². The first-order valence-electron chi connectivity index (χ1n) is 14.0. The van der Waals surface area contributed by atoms with Crippen molar-refractivity contribution in [3.05, 3.63) is 72.2 Å². The van der Waals surface area contributed by atoms with Crippen LogP contribution in [0.1, 0.15) is 28.8 Å². The van der Waals surface area contributed by atoms with Crippen LogP contribution >= 0.6 is 0 Å². The maximum Gasteiger partial charge on any atom is 0.212 e. The monoisotopic (exact) mass is 538 g/mol. The molecular weight excluding hydrogens is 504 g/mol. The van der Waals surface area contributed by atoms with Gasteiger partial charge in [-0.25, -0.2) is 9.97 Å². The van der Waals surface area contributed by atoms with E-state index in [1.54, 1.807) is 13.3 Å². The molecule has 0 radical (unpaired) electrons. The molecule has 1 spiro atoms. The maximum atomic E-state index is 11.7. The number of carbonyl (C=O) groups is 1. The van der Waals surface area contributed by atoms with E-state index < -0.39 is 0 Å². The van der Waals surface area contributed by atoms with E-state index in [0.29, 0.717) is 34.4 Å². The number of ether oxygens (including phenoxy) is 2. The van der Waals surface area contributed by atoms with E-state index in [1.807, 2.05) is 48.8 Å². The van der Waals surface area contributed by atoms with Crippen LogP contribution in [0.4, 0.5) is 5.69 Å². The summed E-state index contributed by atoms with van der Waals surface area (Å²) in [4.78, 5) is 31.2. The second-order valence-electron chi connectivity index (χ2n) is 11.5. The van der Waals surface area contributed by atoms with Crippen molar-refractivity contribution in [3.8, 4) is 17.4 Å². The number of hydrogen-bond donors (Lipinski definition) is 1. The van der Waals surface area contributed by atoms with Gasteiger partial charge in [-0.15, -0.1) is 0 Å². The van der Waals surface area contributed by atoms with Crippen molar-refractivity contribution in [2.45, 2.75) is 25.4 Å². The zero-order valence-corrected chi connectivity index (χ0v) is 22.8. The van der Waals surface area contributed by atoms with Gasteiger partial charge in [-0.3, -0.25) is 14.6 Å². The van der Waals surface area contributed by atoms with Gasteiger partial charge in [0, 0.05) is 92.9 Å². The number of nitrogens with zero attached hydrogens (tertiary/aromatic N) is 5. The van der Waals surface area contributed by atoms with Crippen LogP contribution in [-0.4, -0.2) is 83.5 Å². The number of carbonyl (C=O) groups excluding carboxylic acids is 1. The van der Waals surface area contributed by atoms with Crippen LogP contribution in [-0.2, 0) is 6.54 Å². The normalized spacial score (nSPS) is 19.4. The number of H-pyrrole nitrogens is 1. The molecule has 0 unspecified atom stereocenters. The molecule has 2 saturated heterocycles. The zero-order valence-electron chi connectivity index (χ0n) is 22.8. The summed E-state index contributed by atoms with van der Waals surface area (Å²) in [6.45, 7) is 7.52. The average molecular weight is 539 g/mol. The lowest BCUT2D eigenvalue weighted by molar-refractivity contribution is -0.0380. The molecule has 40 heavy (non-hydrogen) atoms. The Hall–Kier alpha value is -3.95. The molecule has 1 saturated carbocycles. The zero-order chi connectivity index (χ0) is 27.1. The fourth-order valence-electron chi connectivity index (χ4n) is 6.58. The van der Waals surface area contributed by atoms with Crippen molar-refractivity contribution in [3.63, 3.8) is 0 Å². The number of pyridine rings is 2. The molecule has 0 atom stereocenters. The number of aromatic nitrogens is 3. The standard InChI is InChI=1S/C31H34N6O3/c1-39-29-5-2-22(16-33-29)18-35-8-10-36(11-9-35)26-14-31(15-26)20-37(21-31)25-4-3-24(19-38)28(13-25)40-27-12-23-6-7-32-30(23)34-17-27/h2-7,12-13,16-17,19,26H,8-11,14-15,18,20-21H2,1H3,(H,32,34). The van der Waals surface area contributed by atoms with Gasteiger partial charge in [-0.1, -0.05) is 6.07 Å². The average Bonchev–Trinajstić information content (AvgIpc) is 3.41. The number of nitrogens with one attached hydrogen (secondary N) is 1. The fraction of sp³-hybridized carbons (Fsp3) is 0.387. The third-order valence-corrected chi connectivity index (χ3v) is 8.82. The van der Waals surface area contributed by atoms with Crippen LogP contribution < -0.4 is 14.4 Å². The van der Waals surface area contributed by atoms with E-state index in [1.165, 1.54) is 18.4 Å². The molecule has 3 aliphatic rings. The third-order valence-electron chi connectivity index (χ3n) is 8.82. The van der Waals surface area contributed by atoms with E-state index in [4.69, 9.17) is 9.47 Å². The Labute approximate surface area is 233 Å². The SMILES string of the molecule is COc1ccc(CN2CCN(C3CC4(C3)CN(c3ccc(C=O)c(Oc5cnc6[nH]ccc6c5)c3)C4)CC2)cn1. The van der Waals surface area contributed by atoms with Crippen molar-refractivity contribution in [2.24, 2.45) is 5.41 Å². The number of hydrogen-bond acceptors (Lipinski definition) is 8. The Morgan fingerprint density at radius 1 is 1.02 bits per heavy atom. The number of methoxy groups -OCH3 is 1. The topological polar surface area (TPSA) is 86.8 Å². The minimum atomic E-state index is 0.421. The summed E-state index contributed by atoms with van der Waals surface area (Å²) in [6.07, 6.45) is 8.84. The van der Waals surface area contributed by atoms with Crippen LogP contribution in [0, 0.1) is 5.41 Å². The van der Waals surface area contributed by atoms with Gasteiger partial charge in [-0.2, -0.15) is 0 Å². The van der Waals surface area contributed by atoms with Gasteiger partial charge >= 0.3 is 0 Å². The number of aromatic amines is 1. The maximum absolute atomic E-state index is 11.7. The summed E-state index contributed by atoms with van der Waals surface area (Å²) in [5.74, 6) is 1.85. The molecule has 3 aromatic heterocycles. The highest BCUT2D eigenvalue weighted by Gasteiger charge is 2.54. The minimum Gasteiger partial charge on any atom is -0.481 e. The van der Waals surface area contributed by atoms with Crippen LogP contribution in [0.25, 0.3) is 11.0 Å². The van der Waals surface area contributed by atoms with Crippen LogP contribution in [0.5, 0.6) is 17.4 Å². The second kappa shape index (κ2) is 10.2. The Morgan fingerprint density at radius 3 is 2.62 bits per heavy atom. The van der Waals surface area contributed by atoms with Gasteiger partial charge < -0.3 is 19.4 Å². The highest BCUT2D eigenvalue weighted by atomic mass is 16.5. The first-order valence-corrected chi connectivity index (χ1v) is 14.0. The minimum absolute atomic E-state index is 0.421. The Balaban J connectivity index is 0.913. The Bertz CT molecular complexity index is 1500. The molecule has 1 aromatic carbocycles. The third kappa shape index (κ3) is 4.80. The van der Waals surface area contributed by atoms with E-state index in [2.05, 4.69) is 35.7 Å². The van der Waals surface area contributed by atoms with Gasteiger partial charge in [0.15, 0.2) is 6.29 Å². The summed E-state index contributed by atoms with van der Waals surface area (Å²) in [7, 11) is 1.65. The molecule has 2 aliphatic heterocycles. The van der Waals surface area contributed by atoms with Crippen molar-refractivity contribution in [1.82, 2.24) is 24.8 Å². The molecule has 9 heteroatoms. The summed E-state index contributed by atoms with van der Waals surface area (Å²) < 4.78 is 11.3. The van der Waals surface area contributed by atoms with E-state index >= 15 is 0 Å². The predicted molar refractivity (Wildman–Crippen MR) is 153 cm³/mol. The van der Waals surface area contributed by atoms with Crippen LogP contribution in [0.2, 0.25) is 0 Å². The van der Waals surface area contributed by atoms with Gasteiger partial charge in [0.2, 0.25) is 5.88 Å². The molecule has 0 bridgehead atoms. The Morgan fingerprint density at radius 2 is 1.88 bits per heavy atom. The number of piperazine rings is 1. The van der Waals surface area contributed by atoms with Crippen LogP contribution in [0.3, 0.4) is 0 Å². The number of benzene rings is 1.